The van der Waals surface area contributed by atoms with Crippen molar-refractivity contribution in [3.63, 3.8) is 0 Å². The van der Waals surface area contributed by atoms with Gasteiger partial charge in [0.05, 0.1) is 48.8 Å². The number of alkyl carbamates (subject to hydrolysis) is 1. The number of hydrogen-bond acceptors (Lipinski definition) is 14. The Morgan fingerprint density at radius 1 is 0.646 bits per heavy atom. The first kappa shape index (κ1) is 77.6. The van der Waals surface area contributed by atoms with Crippen LogP contribution in [0.25, 0.3) is 11.1 Å². The van der Waals surface area contributed by atoms with Gasteiger partial charge in [0.2, 0.25) is 35.4 Å². The minimum absolute atomic E-state index is 0.0454. The number of fused-ring (bicyclic) bond motifs is 3. The normalized spacial score (nSPS) is 16.8. The summed E-state index contributed by atoms with van der Waals surface area (Å²) in [5.74, 6) is -4.48. The molecule has 12 atom stereocenters. The van der Waals surface area contributed by atoms with Crippen LogP contribution in [0, 0.1) is 23.7 Å². The zero-order chi connectivity index (χ0) is 72.0. The van der Waals surface area contributed by atoms with Gasteiger partial charge in [0, 0.05) is 52.9 Å². The van der Waals surface area contributed by atoms with E-state index in [2.05, 4.69) is 26.6 Å². The van der Waals surface area contributed by atoms with Crippen LogP contribution in [0.1, 0.15) is 140 Å². The second-order valence-electron chi connectivity index (χ2n) is 27.1. The SMILES string of the molecule is CC[C@H](C)[C@@H]([C@@H](CC(=O)N1CCC[C@H]1[C@H](OC)[C@@H](C)C(=O)N[C@H](C)[C@@H](O)c1ccccc1)OC)N(C)C(=O)[C@@H](NC(=O)[C@H](C(C)C)N(C)C(=O)OCc1ccc(NC(=O)[C@H](CCCCN)NC(=O)[C@H](Cc2ccccc2)NC(=O)OCC2c3ccccc3-c3ccccc32)cc1)C(C)C. The van der Waals surface area contributed by atoms with Gasteiger partial charge in [-0.3, -0.25) is 33.7 Å². The molecule has 5 aromatic carbocycles. The first-order valence-electron chi connectivity index (χ1n) is 34.8. The molecule has 536 valence electrons. The summed E-state index contributed by atoms with van der Waals surface area (Å²) in [5, 5.41) is 25.5. The van der Waals surface area contributed by atoms with Crippen molar-refractivity contribution >= 4 is 53.3 Å². The van der Waals surface area contributed by atoms with Gasteiger partial charge in [-0.1, -0.05) is 176 Å². The molecule has 8 N–H and O–H groups in total. The van der Waals surface area contributed by atoms with Gasteiger partial charge in [-0.15, -0.1) is 0 Å². The molecule has 5 aromatic rings. The summed E-state index contributed by atoms with van der Waals surface area (Å²) in [5.41, 5.74) is 12.5. The highest BCUT2D eigenvalue weighted by Gasteiger charge is 2.44. The third-order valence-electron chi connectivity index (χ3n) is 19.5. The number of methoxy groups -OCH3 is 2. The van der Waals surface area contributed by atoms with Gasteiger partial charge in [0.25, 0.3) is 0 Å². The summed E-state index contributed by atoms with van der Waals surface area (Å²) in [6.07, 6.45) is -0.598. The van der Waals surface area contributed by atoms with Crippen LogP contribution < -0.4 is 32.3 Å². The third kappa shape index (κ3) is 20.5. The van der Waals surface area contributed by atoms with Crippen molar-refractivity contribution in [1.29, 1.82) is 0 Å². The number of nitrogens with two attached hydrogens (primary N) is 1. The lowest BCUT2D eigenvalue weighted by atomic mass is 9.89. The van der Waals surface area contributed by atoms with Crippen molar-refractivity contribution in [2.45, 2.75) is 180 Å². The van der Waals surface area contributed by atoms with E-state index < -0.39 is 114 Å². The van der Waals surface area contributed by atoms with Crippen LogP contribution in [0.4, 0.5) is 15.3 Å². The quantitative estimate of drug-likeness (QED) is 0.0186. The van der Waals surface area contributed by atoms with E-state index in [-0.39, 0.29) is 56.1 Å². The average Bonchev–Trinajstić information content (AvgIpc) is 1.62. The Kier molecular flexibility index (Phi) is 29.4. The van der Waals surface area contributed by atoms with E-state index in [0.29, 0.717) is 62.0 Å². The number of amides is 8. The molecule has 8 amide bonds. The van der Waals surface area contributed by atoms with Crippen LogP contribution in [0.3, 0.4) is 0 Å². The van der Waals surface area contributed by atoms with Crippen molar-refractivity contribution in [2.24, 2.45) is 29.4 Å². The molecule has 0 radical (unpaired) electrons. The number of likely N-dealkylation sites (N-methyl/N-ethyl adjacent to an activating group) is 2. The second-order valence-corrected chi connectivity index (χ2v) is 27.1. The molecule has 0 saturated carbocycles. The number of nitrogens with one attached hydrogen (secondary N) is 5. The maximum atomic E-state index is 14.9. The van der Waals surface area contributed by atoms with E-state index in [1.165, 1.54) is 26.2 Å². The molecule has 1 aliphatic carbocycles. The van der Waals surface area contributed by atoms with Gasteiger partial charge >= 0.3 is 12.2 Å². The van der Waals surface area contributed by atoms with E-state index in [1.54, 1.807) is 80.9 Å². The molecule has 1 fully saturated rings. The first-order chi connectivity index (χ1) is 47.4. The Bertz CT molecular complexity index is 3420. The summed E-state index contributed by atoms with van der Waals surface area (Å²) >= 11 is 0. The molecule has 0 spiro atoms. The monoisotopic (exact) mass is 1360 g/mol. The number of carbonyl (C=O) groups is 8. The van der Waals surface area contributed by atoms with Gasteiger partial charge < -0.3 is 66.2 Å². The zero-order valence-electron chi connectivity index (χ0n) is 59.6. The summed E-state index contributed by atoms with van der Waals surface area (Å²) in [4.78, 5) is 118. The fraction of sp³-hybridized carbons (Fsp3) is 0.506. The average molecular weight is 1360 g/mol. The molecule has 99 heavy (non-hydrogen) atoms. The molecular formula is C77H105N9O13. The Balaban J connectivity index is 0.939. The molecule has 22 heteroatoms. The van der Waals surface area contributed by atoms with E-state index in [1.807, 2.05) is 125 Å². The summed E-state index contributed by atoms with van der Waals surface area (Å²) < 4.78 is 23.7. The van der Waals surface area contributed by atoms with Crippen molar-refractivity contribution in [1.82, 2.24) is 36.0 Å². The van der Waals surface area contributed by atoms with Crippen LogP contribution in [-0.2, 0) is 60.7 Å². The fourth-order valence-electron chi connectivity index (χ4n) is 13.7. The van der Waals surface area contributed by atoms with Crippen LogP contribution in [0.2, 0.25) is 0 Å². The number of anilines is 1. The first-order valence-corrected chi connectivity index (χ1v) is 34.8. The molecule has 22 nitrogen and oxygen atoms in total. The largest absolute Gasteiger partial charge is 0.449 e. The third-order valence-corrected chi connectivity index (χ3v) is 19.5. The van der Waals surface area contributed by atoms with Crippen LogP contribution in [-0.4, -0.2) is 170 Å². The van der Waals surface area contributed by atoms with Gasteiger partial charge in [0.1, 0.15) is 37.4 Å². The molecular weight excluding hydrogens is 1260 g/mol. The Morgan fingerprint density at radius 3 is 1.85 bits per heavy atom. The highest BCUT2D eigenvalue weighted by molar-refractivity contribution is 5.98. The Morgan fingerprint density at radius 2 is 1.26 bits per heavy atom. The van der Waals surface area contributed by atoms with Crippen LogP contribution in [0.5, 0.6) is 0 Å². The lowest BCUT2D eigenvalue weighted by Crippen LogP contribution is -2.60. The zero-order valence-corrected chi connectivity index (χ0v) is 59.6. The molecule has 2 aliphatic rings. The summed E-state index contributed by atoms with van der Waals surface area (Å²) in [6.45, 7) is 15.3. The molecule has 0 unspecified atom stereocenters. The fourth-order valence-corrected chi connectivity index (χ4v) is 13.7. The van der Waals surface area contributed by atoms with E-state index in [0.717, 1.165) is 27.8 Å². The summed E-state index contributed by atoms with van der Waals surface area (Å²) in [6, 6.07) is 35.1. The van der Waals surface area contributed by atoms with Gasteiger partial charge in [-0.25, -0.2) is 9.59 Å². The standard InChI is InChI=1S/C77H105N9O13/c1-13-49(6)68(64(96-11)44-65(87)86-42-26-36-63(86)70(97-12)50(7)71(89)79-51(8)69(88)54-29-18-15-19-30-54)84(9)75(93)66(47(2)3)83-74(92)67(48(4)5)85(10)77(95)99-45-53-37-39-55(40-38-53)80-72(90)61(35-24-25-41-78)81-73(91)62(43-52-27-16-14-17-28-52)82-76(94)98-46-60-58-33-22-20-31-56(58)57-32-21-23-34-59(57)60/h14-23,27-34,37-40,47-51,60-64,66-70,88H,13,24-26,35-36,41-46,78H2,1-12H3,(H,79,89)(H,80,90)(H,81,91)(H,82,94)(H,83,92)/t49-,50+,51+,61-,62-,63-,64+,66-,67-,68-,69+,70+/m0/s1. The highest BCUT2D eigenvalue weighted by Crippen LogP contribution is 2.44. The Hall–Kier alpha value is -8.70. The minimum Gasteiger partial charge on any atom is -0.449 e. The number of rotatable bonds is 35. The molecule has 0 bridgehead atoms. The van der Waals surface area contributed by atoms with Gasteiger partial charge in [0.15, 0.2) is 0 Å². The number of likely N-dealkylation sites (tertiary alicyclic amines) is 1. The van der Waals surface area contributed by atoms with Crippen molar-refractivity contribution in [3.8, 4) is 11.1 Å². The van der Waals surface area contributed by atoms with Crippen LogP contribution >= 0.6 is 0 Å². The minimum atomic E-state index is -1.10. The smallest absolute Gasteiger partial charge is 0.410 e. The van der Waals surface area contributed by atoms with Crippen molar-refractivity contribution < 1.29 is 62.4 Å². The molecule has 7 rings (SSSR count). The number of unbranched alkanes of at least 4 members (excludes halogenated alkanes) is 1. The lowest BCUT2D eigenvalue weighted by molar-refractivity contribution is -0.148. The van der Waals surface area contributed by atoms with E-state index in [4.69, 9.17) is 24.7 Å². The Labute approximate surface area is 584 Å². The predicted molar refractivity (Wildman–Crippen MR) is 381 cm³/mol. The number of nitrogens with zero attached hydrogens (tertiary/aromatic N) is 3. The molecule has 1 aliphatic heterocycles. The number of benzene rings is 5. The topological polar surface area (TPSA) is 290 Å². The second kappa shape index (κ2) is 37.5. The molecule has 0 aromatic heterocycles. The predicted octanol–water partition coefficient (Wildman–Crippen LogP) is 9.28. The number of carbonyl (C=O) groups excluding carboxylic acids is 8. The maximum absolute atomic E-state index is 14.9. The van der Waals surface area contributed by atoms with Crippen molar-refractivity contribution in [3.05, 3.63) is 161 Å². The maximum Gasteiger partial charge on any atom is 0.410 e. The highest BCUT2D eigenvalue weighted by atomic mass is 16.6. The van der Waals surface area contributed by atoms with Crippen molar-refractivity contribution in [2.75, 3.05) is 53.3 Å². The van der Waals surface area contributed by atoms with Gasteiger partial charge in [-0.2, -0.15) is 0 Å². The van der Waals surface area contributed by atoms with E-state index >= 15 is 0 Å². The van der Waals surface area contributed by atoms with E-state index in [9.17, 15) is 43.5 Å². The van der Waals surface area contributed by atoms with Crippen LogP contribution in [0.15, 0.2) is 133 Å². The molecule has 1 saturated heterocycles. The number of hydrogen-bond donors (Lipinski definition) is 7. The number of aliphatic hydroxyl groups excluding tert-OH is 1. The number of aliphatic hydroxyl groups is 1. The van der Waals surface area contributed by atoms with Gasteiger partial charge in [-0.05, 0) is 114 Å². The number of ether oxygens (including phenoxy) is 4. The molecule has 1 heterocycles. The lowest BCUT2D eigenvalue weighted by Gasteiger charge is -2.41. The summed E-state index contributed by atoms with van der Waals surface area (Å²) in [7, 11) is 6.15.